The highest BCUT2D eigenvalue weighted by molar-refractivity contribution is 5.76. The molecule has 0 saturated carbocycles. The van der Waals surface area contributed by atoms with Gasteiger partial charge in [-0.3, -0.25) is 4.79 Å². The molecular formula is C12H21N3O2. The van der Waals surface area contributed by atoms with Crippen LogP contribution in [0.25, 0.3) is 0 Å². The van der Waals surface area contributed by atoms with Crippen molar-refractivity contribution in [2.45, 2.75) is 20.0 Å². The first kappa shape index (κ1) is 13.7. The van der Waals surface area contributed by atoms with Gasteiger partial charge < -0.3 is 20.4 Å². The molecule has 1 heterocycles. The Morgan fingerprint density at radius 2 is 2.41 bits per heavy atom. The van der Waals surface area contributed by atoms with Gasteiger partial charge >= 0.3 is 0 Å². The molecule has 1 amide bonds. The SMILES string of the molecule is COCCNCc1ccn(CC(C)C(N)=O)c1. The summed E-state index contributed by atoms with van der Waals surface area (Å²) in [6.45, 7) is 4.81. The van der Waals surface area contributed by atoms with E-state index < -0.39 is 0 Å². The number of methoxy groups -OCH3 is 1. The molecule has 1 rings (SSSR count). The van der Waals surface area contributed by atoms with E-state index in [-0.39, 0.29) is 11.8 Å². The number of carbonyl (C=O) groups excluding carboxylic acids is 1. The van der Waals surface area contributed by atoms with Gasteiger partial charge in [-0.05, 0) is 11.6 Å². The molecule has 0 fully saturated rings. The van der Waals surface area contributed by atoms with Crippen LogP contribution in [0.2, 0.25) is 0 Å². The second kappa shape index (κ2) is 7.09. The van der Waals surface area contributed by atoms with E-state index in [0.29, 0.717) is 13.2 Å². The zero-order valence-corrected chi connectivity index (χ0v) is 10.5. The topological polar surface area (TPSA) is 69.3 Å². The van der Waals surface area contributed by atoms with Crippen LogP contribution in [0.4, 0.5) is 0 Å². The van der Waals surface area contributed by atoms with Crippen molar-refractivity contribution >= 4 is 5.91 Å². The average Bonchev–Trinajstić information content (AvgIpc) is 2.72. The van der Waals surface area contributed by atoms with Gasteiger partial charge in [0, 0.05) is 39.1 Å². The maximum Gasteiger partial charge on any atom is 0.222 e. The molecule has 0 spiro atoms. The Balaban J connectivity index is 2.34. The number of hydrogen-bond donors (Lipinski definition) is 2. The van der Waals surface area contributed by atoms with E-state index in [9.17, 15) is 4.79 Å². The Labute approximate surface area is 102 Å². The van der Waals surface area contributed by atoms with Crippen LogP contribution < -0.4 is 11.1 Å². The predicted molar refractivity (Wildman–Crippen MR) is 66.4 cm³/mol. The van der Waals surface area contributed by atoms with E-state index >= 15 is 0 Å². The fraction of sp³-hybridized carbons (Fsp3) is 0.583. The second-order valence-electron chi connectivity index (χ2n) is 4.19. The number of rotatable bonds is 8. The predicted octanol–water partition coefficient (Wildman–Crippen LogP) is 0.346. The Kier molecular flexibility index (Phi) is 5.72. The number of aromatic nitrogens is 1. The molecule has 1 aromatic heterocycles. The number of nitrogens with two attached hydrogens (primary N) is 1. The Bertz CT molecular complexity index is 349. The number of nitrogens with one attached hydrogen (secondary N) is 1. The van der Waals surface area contributed by atoms with Crippen LogP contribution in [-0.2, 0) is 22.6 Å². The van der Waals surface area contributed by atoms with Crippen LogP contribution in [0.15, 0.2) is 18.5 Å². The molecule has 5 heteroatoms. The number of nitrogens with zero attached hydrogens (tertiary/aromatic N) is 1. The van der Waals surface area contributed by atoms with Gasteiger partial charge in [-0.25, -0.2) is 0 Å². The van der Waals surface area contributed by atoms with E-state index in [1.165, 1.54) is 5.56 Å². The van der Waals surface area contributed by atoms with Crippen LogP contribution in [0, 0.1) is 5.92 Å². The molecule has 0 aliphatic carbocycles. The average molecular weight is 239 g/mol. The quantitative estimate of drug-likeness (QED) is 0.643. The van der Waals surface area contributed by atoms with Crippen LogP contribution in [0.1, 0.15) is 12.5 Å². The van der Waals surface area contributed by atoms with E-state index in [0.717, 1.165) is 13.1 Å². The fourth-order valence-corrected chi connectivity index (χ4v) is 1.52. The van der Waals surface area contributed by atoms with Gasteiger partial charge in [0.15, 0.2) is 0 Å². The summed E-state index contributed by atoms with van der Waals surface area (Å²) < 4.78 is 6.93. The van der Waals surface area contributed by atoms with Crippen LogP contribution >= 0.6 is 0 Å². The third kappa shape index (κ3) is 5.01. The molecule has 0 aliphatic heterocycles. The van der Waals surface area contributed by atoms with Crippen molar-refractivity contribution < 1.29 is 9.53 Å². The lowest BCUT2D eigenvalue weighted by molar-refractivity contribution is -0.121. The van der Waals surface area contributed by atoms with Crippen molar-refractivity contribution in [2.75, 3.05) is 20.3 Å². The lowest BCUT2D eigenvalue weighted by atomic mass is 10.2. The van der Waals surface area contributed by atoms with Gasteiger partial charge in [0.1, 0.15) is 0 Å². The third-order valence-corrected chi connectivity index (χ3v) is 2.59. The number of ether oxygens (including phenoxy) is 1. The highest BCUT2D eigenvalue weighted by Gasteiger charge is 2.09. The Hall–Kier alpha value is -1.33. The maximum absolute atomic E-state index is 10.9. The molecule has 0 radical (unpaired) electrons. The number of hydrogen-bond acceptors (Lipinski definition) is 3. The molecule has 17 heavy (non-hydrogen) atoms. The zero-order chi connectivity index (χ0) is 12.7. The smallest absolute Gasteiger partial charge is 0.222 e. The summed E-state index contributed by atoms with van der Waals surface area (Å²) in [6, 6.07) is 2.04. The van der Waals surface area contributed by atoms with Gasteiger partial charge in [0.2, 0.25) is 5.91 Å². The third-order valence-electron chi connectivity index (χ3n) is 2.59. The highest BCUT2D eigenvalue weighted by Crippen LogP contribution is 2.05. The fourth-order valence-electron chi connectivity index (χ4n) is 1.52. The Morgan fingerprint density at radius 1 is 1.65 bits per heavy atom. The van der Waals surface area contributed by atoms with Crippen LogP contribution in [0.3, 0.4) is 0 Å². The number of amides is 1. The Morgan fingerprint density at radius 3 is 3.06 bits per heavy atom. The molecule has 0 aromatic carbocycles. The molecule has 1 atom stereocenters. The molecule has 3 N–H and O–H groups in total. The van der Waals surface area contributed by atoms with E-state index in [1.54, 1.807) is 7.11 Å². The highest BCUT2D eigenvalue weighted by atomic mass is 16.5. The van der Waals surface area contributed by atoms with Crippen LogP contribution in [0.5, 0.6) is 0 Å². The van der Waals surface area contributed by atoms with E-state index in [2.05, 4.69) is 5.32 Å². The molecular weight excluding hydrogens is 218 g/mol. The molecule has 5 nitrogen and oxygen atoms in total. The summed E-state index contributed by atoms with van der Waals surface area (Å²) in [7, 11) is 1.68. The summed E-state index contributed by atoms with van der Waals surface area (Å²) in [6.07, 6.45) is 3.99. The molecule has 1 aromatic rings. The second-order valence-corrected chi connectivity index (χ2v) is 4.19. The largest absolute Gasteiger partial charge is 0.383 e. The number of carbonyl (C=O) groups is 1. The molecule has 0 aliphatic rings. The molecule has 96 valence electrons. The monoisotopic (exact) mass is 239 g/mol. The van der Waals surface area contributed by atoms with Gasteiger partial charge in [-0.2, -0.15) is 0 Å². The van der Waals surface area contributed by atoms with Crippen molar-refractivity contribution in [3.63, 3.8) is 0 Å². The maximum atomic E-state index is 10.9. The van der Waals surface area contributed by atoms with Crippen molar-refractivity contribution in [3.8, 4) is 0 Å². The van der Waals surface area contributed by atoms with E-state index in [4.69, 9.17) is 10.5 Å². The minimum Gasteiger partial charge on any atom is -0.383 e. The molecule has 0 bridgehead atoms. The zero-order valence-electron chi connectivity index (χ0n) is 10.5. The van der Waals surface area contributed by atoms with Crippen molar-refractivity contribution in [2.24, 2.45) is 11.7 Å². The van der Waals surface area contributed by atoms with E-state index in [1.807, 2.05) is 30.0 Å². The standard InChI is InChI=1S/C12H21N3O2/c1-10(12(13)16)8-15-5-3-11(9-15)7-14-4-6-17-2/h3,5,9-10,14H,4,6-8H2,1-2H3,(H2,13,16). The van der Waals surface area contributed by atoms with Crippen molar-refractivity contribution in [1.29, 1.82) is 0 Å². The lowest BCUT2D eigenvalue weighted by Crippen LogP contribution is -2.24. The first-order chi connectivity index (χ1) is 8.13. The minimum atomic E-state index is -0.265. The summed E-state index contributed by atoms with van der Waals surface area (Å²) in [5.41, 5.74) is 6.42. The normalized spacial score (nSPS) is 12.6. The van der Waals surface area contributed by atoms with Gasteiger partial charge in [-0.15, -0.1) is 0 Å². The minimum absolute atomic E-state index is 0.142. The van der Waals surface area contributed by atoms with Crippen molar-refractivity contribution in [3.05, 3.63) is 24.0 Å². The summed E-state index contributed by atoms with van der Waals surface area (Å²) in [5, 5.41) is 3.26. The van der Waals surface area contributed by atoms with Crippen molar-refractivity contribution in [1.82, 2.24) is 9.88 Å². The molecule has 1 unspecified atom stereocenters. The number of primary amides is 1. The summed E-state index contributed by atoms with van der Waals surface area (Å²) >= 11 is 0. The van der Waals surface area contributed by atoms with Gasteiger partial charge in [0.25, 0.3) is 0 Å². The molecule has 0 saturated heterocycles. The van der Waals surface area contributed by atoms with Gasteiger partial charge in [0.05, 0.1) is 12.5 Å². The summed E-state index contributed by atoms with van der Waals surface area (Å²) in [4.78, 5) is 10.9. The first-order valence-corrected chi connectivity index (χ1v) is 5.77. The summed E-state index contributed by atoms with van der Waals surface area (Å²) in [5.74, 6) is -0.407. The lowest BCUT2D eigenvalue weighted by Gasteiger charge is -2.07. The van der Waals surface area contributed by atoms with Crippen LogP contribution in [-0.4, -0.2) is 30.7 Å². The van der Waals surface area contributed by atoms with Gasteiger partial charge in [-0.1, -0.05) is 6.92 Å². The first-order valence-electron chi connectivity index (χ1n) is 5.77.